The third kappa shape index (κ3) is 3.26. The van der Waals surface area contributed by atoms with Gasteiger partial charge in [-0.2, -0.15) is 0 Å². The van der Waals surface area contributed by atoms with Gasteiger partial charge in [-0.25, -0.2) is 0 Å². The fourth-order valence-corrected chi connectivity index (χ4v) is 2.81. The molecule has 1 aliphatic rings. The standard InChI is InChI=1S/C23H14O3/c24-22-15-23(25)21-14-19(12-13-20(21)22)26-18-10-8-17(9-11-18)7-6-16-4-2-1-3-5-16/h1-5,8-14H,15H2. The van der Waals surface area contributed by atoms with E-state index in [1.807, 2.05) is 54.6 Å². The number of hydrogen-bond acceptors (Lipinski definition) is 3. The molecule has 3 heteroatoms. The van der Waals surface area contributed by atoms with Crippen LogP contribution in [0.15, 0.2) is 72.8 Å². The van der Waals surface area contributed by atoms with Gasteiger partial charge >= 0.3 is 0 Å². The van der Waals surface area contributed by atoms with Crippen molar-refractivity contribution < 1.29 is 14.3 Å². The van der Waals surface area contributed by atoms with E-state index in [1.54, 1.807) is 18.2 Å². The molecule has 3 nitrogen and oxygen atoms in total. The molecule has 0 heterocycles. The molecular weight excluding hydrogens is 324 g/mol. The Morgan fingerprint density at radius 1 is 0.654 bits per heavy atom. The Hall–Kier alpha value is -3.64. The normalized spacial score (nSPS) is 12.3. The Bertz CT molecular complexity index is 1050. The number of ether oxygens (including phenoxy) is 1. The first-order valence-corrected chi connectivity index (χ1v) is 8.24. The maximum atomic E-state index is 11.8. The van der Waals surface area contributed by atoms with Crippen LogP contribution in [0, 0.1) is 11.8 Å². The molecule has 0 saturated heterocycles. The largest absolute Gasteiger partial charge is 0.457 e. The quantitative estimate of drug-likeness (QED) is 0.505. The molecule has 3 aromatic carbocycles. The zero-order chi connectivity index (χ0) is 17.9. The molecule has 1 aliphatic carbocycles. The lowest BCUT2D eigenvalue weighted by Crippen LogP contribution is -1.92. The van der Waals surface area contributed by atoms with Crippen molar-refractivity contribution in [3.63, 3.8) is 0 Å². The zero-order valence-electron chi connectivity index (χ0n) is 13.9. The summed E-state index contributed by atoms with van der Waals surface area (Å²) in [5.41, 5.74) is 2.77. The van der Waals surface area contributed by atoms with E-state index in [0.717, 1.165) is 11.1 Å². The summed E-state index contributed by atoms with van der Waals surface area (Å²) >= 11 is 0. The van der Waals surface area contributed by atoms with Crippen LogP contribution >= 0.6 is 0 Å². The molecule has 0 fully saturated rings. The van der Waals surface area contributed by atoms with E-state index in [4.69, 9.17) is 4.74 Å². The third-order valence-electron chi connectivity index (χ3n) is 4.13. The minimum Gasteiger partial charge on any atom is -0.457 e. The van der Waals surface area contributed by atoms with Crippen molar-refractivity contribution in [2.45, 2.75) is 6.42 Å². The first kappa shape index (κ1) is 15.9. The number of rotatable bonds is 2. The van der Waals surface area contributed by atoms with Crippen LogP contribution in [0.25, 0.3) is 0 Å². The number of ketones is 2. The lowest BCUT2D eigenvalue weighted by molar-refractivity contribution is 0.0923. The summed E-state index contributed by atoms with van der Waals surface area (Å²) in [4.78, 5) is 23.5. The highest BCUT2D eigenvalue weighted by molar-refractivity contribution is 6.24. The van der Waals surface area contributed by atoms with Gasteiger partial charge in [0.1, 0.15) is 11.5 Å². The number of carbonyl (C=O) groups is 2. The molecule has 0 amide bonds. The molecule has 0 bridgehead atoms. The van der Waals surface area contributed by atoms with Crippen LogP contribution in [-0.2, 0) is 0 Å². The minimum atomic E-state index is -0.151. The van der Waals surface area contributed by atoms with Crippen molar-refractivity contribution in [2.24, 2.45) is 0 Å². The maximum absolute atomic E-state index is 11.8. The van der Waals surface area contributed by atoms with Gasteiger partial charge in [0, 0.05) is 22.3 Å². The van der Waals surface area contributed by atoms with Gasteiger partial charge in [0.05, 0.1) is 6.42 Å². The van der Waals surface area contributed by atoms with Gasteiger partial charge < -0.3 is 4.74 Å². The predicted molar refractivity (Wildman–Crippen MR) is 98.7 cm³/mol. The molecule has 0 radical (unpaired) electrons. The Balaban J connectivity index is 1.50. The van der Waals surface area contributed by atoms with E-state index in [9.17, 15) is 9.59 Å². The summed E-state index contributed by atoms with van der Waals surface area (Å²) in [5.74, 6) is 7.12. The van der Waals surface area contributed by atoms with E-state index < -0.39 is 0 Å². The van der Waals surface area contributed by atoms with Gasteiger partial charge in [0.15, 0.2) is 11.6 Å². The summed E-state index contributed by atoms with van der Waals surface area (Å²) in [7, 11) is 0. The van der Waals surface area contributed by atoms with Gasteiger partial charge in [-0.3, -0.25) is 9.59 Å². The topological polar surface area (TPSA) is 43.4 Å². The molecule has 3 aromatic rings. The Labute approximate surface area is 151 Å². The van der Waals surface area contributed by atoms with Crippen LogP contribution in [0.3, 0.4) is 0 Å². The Kier molecular flexibility index (Phi) is 4.09. The van der Waals surface area contributed by atoms with Crippen molar-refractivity contribution in [1.29, 1.82) is 0 Å². The molecule has 26 heavy (non-hydrogen) atoms. The summed E-state index contributed by atoms with van der Waals surface area (Å²) in [5, 5.41) is 0. The second kappa shape index (κ2) is 6.70. The first-order valence-electron chi connectivity index (χ1n) is 8.24. The number of Topliss-reactive ketones (excluding diaryl/α,β-unsaturated/α-hetero) is 2. The third-order valence-corrected chi connectivity index (χ3v) is 4.13. The van der Waals surface area contributed by atoms with Crippen molar-refractivity contribution in [3.8, 4) is 23.3 Å². The highest BCUT2D eigenvalue weighted by Crippen LogP contribution is 2.29. The minimum absolute atomic E-state index is 0.0480. The van der Waals surface area contributed by atoms with Crippen LogP contribution in [0.1, 0.15) is 38.3 Å². The highest BCUT2D eigenvalue weighted by Gasteiger charge is 2.27. The van der Waals surface area contributed by atoms with Crippen LogP contribution in [0.2, 0.25) is 0 Å². The van der Waals surface area contributed by atoms with Crippen molar-refractivity contribution >= 4 is 11.6 Å². The Morgan fingerprint density at radius 3 is 2.00 bits per heavy atom. The first-order chi connectivity index (χ1) is 12.7. The molecular formula is C23H14O3. The second-order valence-corrected chi connectivity index (χ2v) is 5.97. The van der Waals surface area contributed by atoms with Gasteiger partial charge in [0.2, 0.25) is 0 Å². The molecule has 0 aromatic heterocycles. The summed E-state index contributed by atoms with van der Waals surface area (Å²) < 4.78 is 5.79. The summed E-state index contributed by atoms with van der Waals surface area (Å²) in [6.07, 6.45) is -0.0480. The number of hydrogen-bond donors (Lipinski definition) is 0. The summed E-state index contributed by atoms with van der Waals surface area (Å²) in [6, 6.07) is 22.2. The van der Waals surface area contributed by atoms with Crippen LogP contribution in [-0.4, -0.2) is 11.6 Å². The van der Waals surface area contributed by atoms with Crippen molar-refractivity contribution in [3.05, 3.63) is 95.1 Å². The number of carbonyl (C=O) groups excluding carboxylic acids is 2. The molecule has 0 unspecified atom stereocenters. The molecule has 124 valence electrons. The molecule has 0 saturated carbocycles. The van der Waals surface area contributed by atoms with Crippen molar-refractivity contribution in [1.82, 2.24) is 0 Å². The zero-order valence-corrected chi connectivity index (χ0v) is 13.9. The second-order valence-electron chi connectivity index (χ2n) is 5.97. The predicted octanol–water partition coefficient (Wildman–Crippen LogP) is 4.65. The maximum Gasteiger partial charge on any atom is 0.171 e. The average Bonchev–Trinajstić information content (AvgIpc) is 2.95. The van der Waals surface area contributed by atoms with Crippen LogP contribution < -0.4 is 4.74 Å². The van der Waals surface area contributed by atoms with Gasteiger partial charge in [-0.05, 0) is 54.6 Å². The highest BCUT2D eigenvalue weighted by atomic mass is 16.5. The Morgan fingerprint density at radius 2 is 1.27 bits per heavy atom. The molecule has 0 spiro atoms. The fraction of sp³-hybridized carbons (Fsp3) is 0.0435. The van der Waals surface area contributed by atoms with Gasteiger partial charge in [0.25, 0.3) is 0 Å². The lowest BCUT2D eigenvalue weighted by atomic mass is 10.1. The van der Waals surface area contributed by atoms with E-state index in [-0.39, 0.29) is 18.0 Å². The van der Waals surface area contributed by atoms with E-state index in [2.05, 4.69) is 11.8 Å². The van der Waals surface area contributed by atoms with Gasteiger partial charge in [-0.1, -0.05) is 30.0 Å². The summed E-state index contributed by atoms with van der Waals surface area (Å²) in [6.45, 7) is 0. The number of benzene rings is 3. The van der Waals surface area contributed by atoms with Crippen molar-refractivity contribution in [2.75, 3.05) is 0 Å². The van der Waals surface area contributed by atoms with Crippen LogP contribution in [0.4, 0.5) is 0 Å². The molecule has 0 N–H and O–H groups in total. The fourth-order valence-electron chi connectivity index (χ4n) is 2.81. The van der Waals surface area contributed by atoms with E-state index >= 15 is 0 Å². The average molecular weight is 338 g/mol. The van der Waals surface area contributed by atoms with Crippen LogP contribution in [0.5, 0.6) is 11.5 Å². The number of fused-ring (bicyclic) bond motifs is 1. The molecule has 4 rings (SSSR count). The molecule has 0 aliphatic heterocycles. The lowest BCUT2D eigenvalue weighted by Gasteiger charge is -2.07. The monoisotopic (exact) mass is 338 g/mol. The van der Waals surface area contributed by atoms with E-state index in [1.165, 1.54) is 0 Å². The van der Waals surface area contributed by atoms with E-state index in [0.29, 0.717) is 22.6 Å². The SMILES string of the molecule is O=C1CC(=O)c2cc(Oc3ccc(C#Cc4ccccc4)cc3)ccc21. The molecule has 0 atom stereocenters. The van der Waals surface area contributed by atoms with Gasteiger partial charge in [-0.15, -0.1) is 0 Å². The smallest absolute Gasteiger partial charge is 0.171 e.